The highest BCUT2D eigenvalue weighted by Gasteiger charge is 2.41. The average Bonchev–Trinajstić information content (AvgIpc) is 2.45. The molecule has 4 unspecified atom stereocenters. The third kappa shape index (κ3) is 1.86. The van der Waals surface area contributed by atoms with Crippen molar-refractivity contribution < 1.29 is 9.84 Å². The largest absolute Gasteiger partial charge is 0.387 e. The highest BCUT2D eigenvalue weighted by molar-refractivity contribution is 5.27. The average molecular weight is 242 g/mol. The lowest BCUT2D eigenvalue weighted by molar-refractivity contribution is -0.0334. The molecular weight excluding hydrogens is 228 g/mol. The summed E-state index contributed by atoms with van der Waals surface area (Å²) in [5, 5.41) is 9.84. The first-order valence-corrected chi connectivity index (χ1v) is 5.12. The molecule has 0 bridgehead atoms. The fourth-order valence-electron chi connectivity index (χ4n) is 1.86. The molecule has 1 aliphatic heterocycles. The van der Waals surface area contributed by atoms with Crippen LogP contribution in [0.5, 0.6) is 0 Å². The minimum Gasteiger partial charge on any atom is -0.387 e. The number of aromatic amines is 1. The first-order chi connectivity index (χ1) is 7.91. The third-order valence-electron chi connectivity index (χ3n) is 2.84. The number of nitrogens with zero attached hydrogens (tertiary/aromatic N) is 1. The van der Waals surface area contributed by atoms with Gasteiger partial charge in [-0.15, -0.1) is 0 Å². The Morgan fingerprint density at radius 3 is 2.65 bits per heavy atom. The van der Waals surface area contributed by atoms with E-state index in [-0.39, 0.29) is 5.82 Å². The van der Waals surface area contributed by atoms with Gasteiger partial charge in [0.15, 0.2) is 6.23 Å². The summed E-state index contributed by atoms with van der Waals surface area (Å²) >= 11 is 0. The summed E-state index contributed by atoms with van der Waals surface area (Å²) in [5.74, 6) is -0.0795. The lowest BCUT2D eigenvalue weighted by Crippen LogP contribution is -2.42. The van der Waals surface area contributed by atoms with Crippen molar-refractivity contribution in [1.29, 1.82) is 0 Å². The molecule has 0 radical (unpaired) electrons. The molecule has 2 rings (SSSR count). The number of anilines is 1. The van der Waals surface area contributed by atoms with Crippen LogP contribution >= 0.6 is 0 Å². The van der Waals surface area contributed by atoms with E-state index in [4.69, 9.17) is 16.2 Å². The van der Waals surface area contributed by atoms with Crippen molar-refractivity contribution in [1.82, 2.24) is 9.55 Å². The molecule has 1 aliphatic rings. The first kappa shape index (κ1) is 11.8. The maximum atomic E-state index is 11.6. The molecule has 0 saturated carbocycles. The molecule has 0 amide bonds. The fraction of sp³-hybridized carbons (Fsp3) is 0.556. The van der Waals surface area contributed by atoms with E-state index >= 15 is 0 Å². The van der Waals surface area contributed by atoms with Crippen molar-refractivity contribution in [2.24, 2.45) is 5.73 Å². The second-order valence-electron chi connectivity index (χ2n) is 4.03. The number of aliphatic hydroxyl groups is 1. The summed E-state index contributed by atoms with van der Waals surface area (Å²) in [6, 6.07) is 0.435. The summed E-state index contributed by atoms with van der Waals surface area (Å²) < 4.78 is 6.34. The lowest BCUT2D eigenvalue weighted by atomic mass is 10.1. The summed E-state index contributed by atoms with van der Waals surface area (Å²) in [6.45, 7) is 1.68. The van der Waals surface area contributed by atoms with E-state index in [1.54, 1.807) is 6.92 Å². The first-order valence-electron chi connectivity index (χ1n) is 5.12. The number of hydrogen-bond acceptors (Lipinski definition) is 6. The van der Waals surface area contributed by atoms with Crippen LogP contribution in [0.1, 0.15) is 13.2 Å². The molecule has 6 N–H and O–H groups in total. The molecule has 1 aromatic heterocycles. The minimum absolute atomic E-state index is 0.0795. The predicted molar refractivity (Wildman–Crippen MR) is 59.3 cm³/mol. The molecule has 2 heterocycles. The SMILES string of the molecule is CC1OC(n2c(N)cc(=O)[nH]c2=O)C(O)C1N. The van der Waals surface area contributed by atoms with Gasteiger partial charge in [0.2, 0.25) is 0 Å². The summed E-state index contributed by atoms with van der Waals surface area (Å²) in [6.07, 6.45) is -2.45. The van der Waals surface area contributed by atoms with Gasteiger partial charge >= 0.3 is 5.69 Å². The van der Waals surface area contributed by atoms with Gasteiger partial charge in [0.25, 0.3) is 5.56 Å². The topological polar surface area (TPSA) is 136 Å². The molecular formula is C9H14N4O4. The van der Waals surface area contributed by atoms with Crippen LogP contribution in [0.3, 0.4) is 0 Å². The van der Waals surface area contributed by atoms with Crippen LogP contribution in [-0.2, 0) is 4.74 Å². The summed E-state index contributed by atoms with van der Waals surface area (Å²) in [4.78, 5) is 24.7. The van der Waals surface area contributed by atoms with Crippen LogP contribution in [0, 0.1) is 0 Å². The van der Waals surface area contributed by atoms with Gasteiger partial charge in [0, 0.05) is 6.07 Å². The van der Waals surface area contributed by atoms with Crippen LogP contribution in [0.2, 0.25) is 0 Å². The second kappa shape index (κ2) is 3.99. The highest BCUT2D eigenvalue weighted by atomic mass is 16.5. The van der Waals surface area contributed by atoms with Gasteiger partial charge in [0.1, 0.15) is 11.9 Å². The Morgan fingerprint density at radius 2 is 2.18 bits per heavy atom. The maximum Gasteiger partial charge on any atom is 0.332 e. The van der Waals surface area contributed by atoms with Crippen molar-refractivity contribution >= 4 is 5.82 Å². The van der Waals surface area contributed by atoms with Crippen LogP contribution in [0.25, 0.3) is 0 Å². The van der Waals surface area contributed by atoms with E-state index in [1.807, 2.05) is 4.98 Å². The van der Waals surface area contributed by atoms with Crippen LogP contribution in [-0.4, -0.2) is 32.9 Å². The Kier molecular flexibility index (Phi) is 2.77. The molecule has 1 saturated heterocycles. The van der Waals surface area contributed by atoms with E-state index in [1.165, 1.54) is 0 Å². The zero-order valence-electron chi connectivity index (χ0n) is 9.16. The zero-order chi connectivity index (χ0) is 12.7. The number of nitrogens with one attached hydrogen (secondary N) is 1. The van der Waals surface area contributed by atoms with Crippen molar-refractivity contribution in [2.75, 3.05) is 5.73 Å². The number of hydrogen-bond donors (Lipinski definition) is 4. The molecule has 0 aliphatic carbocycles. The normalized spacial score (nSPS) is 32.9. The smallest absolute Gasteiger partial charge is 0.332 e. The van der Waals surface area contributed by atoms with E-state index in [0.29, 0.717) is 0 Å². The second-order valence-corrected chi connectivity index (χ2v) is 4.03. The predicted octanol–water partition coefficient (Wildman–Crippen LogP) is -2.28. The molecule has 1 aromatic rings. The Bertz CT molecular complexity index is 537. The number of rotatable bonds is 1. The molecule has 0 spiro atoms. The Labute approximate surface area is 95.8 Å². The van der Waals surface area contributed by atoms with Gasteiger partial charge in [-0.1, -0.05) is 0 Å². The standard InChI is InChI=1S/C9H14N4O4/c1-3-6(11)7(15)8(17-3)13-4(10)2-5(14)12-9(13)16/h2-3,6-8,15H,10-11H2,1H3,(H,12,14,16). The number of H-pyrrole nitrogens is 1. The molecule has 8 heteroatoms. The Hall–Kier alpha value is -1.64. The molecule has 4 atom stereocenters. The van der Waals surface area contributed by atoms with Crippen LogP contribution in [0.15, 0.2) is 15.7 Å². The Balaban J connectivity index is 2.49. The van der Waals surface area contributed by atoms with Crippen molar-refractivity contribution in [3.8, 4) is 0 Å². The van der Waals surface area contributed by atoms with Gasteiger partial charge in [0.05, 0.1) is 12.1 Å². The zero-order valence-corrected chi connectivity index (χ0v) is 9.16. The number of ether oxygens (including phenoxy) is 1. The summed E-state index contributed by atoms with van der Waals surface area (Å²) in [5.41, 5.74) is 9.90. The van der Waals surface area contributed by atoms with Crippen LogP contribution < -0.4 is 22.7 Å². The van der Waals surface area contributed by atoms with E-state index in [9.17, 15) is 14.7 Å². The number of nitrogens with two attached hydrogens (primary N) is 2. The maximum absolute atomic E-state index is 11.6. The van der Waals surface area contributed by atoms with Crippen molar-refractivity contribution in [3.63, 3.8) is 0 Å². The lowest BCUT2D eigenvalue weighted by Gasteiger charge is -2.19. The fourth-order valence-corrected chi connectivity index (χ4v) is 1.86. The van der Waals surface area contributed by atoms with E-state index < -0.39 is 35.7 Å². The molecule has 8 nitrogen and oxygen atoms in total. The number of nitrogen functional groups attached to an aromatic ring is 1. The van der Waals surface area contributed by atoms with E-state index in [0.717, 1.165) is 10.6 Å². The molecule has 17 heavy (non-hydrogen) atoms. The van der Waals surface area contributed by atoms with E-state index in [2.05, 4.69) is 0 Å². The van der Waals surface area contributed by atoms with Gasteiger partial charge < -0.3 is 21.3 Å². The van der Waals surface area contributed by atoms with Gasteiger partial charge in [-0.3, -0.25) is 14.3 Å². The number of aromatic nitrogens is 2. The van der Waals surface area contributed by atoms with Crippen molar-refractivity contribution in [2.45, 2.75) is 31.4 Å². The summed E-state index contributed by atoms with van der Waals surface area (Å²) in [7, 11) is 0. The van der Waals surface area contributed by atoms with Crippen molar-refractivity contribution in [3.05, 3.63) is 26.9 Å². The van der Waals surface area contributed by atoms with Gasteiger partial charge in [-0.05, 0) is 6.92 Å². The molecule has 0 aromatic carbocycles. The van der Waals surface area contributed by atoms with Crippen LogP contribution in [0.4, 0.5) is 5.82 Å². The minimum atomic E-state index is -1.06. The quantitative estimate of drug-likeness (QED) is 0.438. The van der Waals surface area contributed by atoms with Gasteiger partial charge in [-0.2, -0.15) is 0 Å². The third-order valence-corrected chi connectivity index (χ3v) is 2.84. The number of aliphatic hydroxyl groups excluding tert-OH is 1. The highest BCUT2D eigenvalue weighted by Crippen LogP contribution is 2.27. The Morgan fingerprint density at radius 1 is 1.53 bits per heavy atom. The monoisotopic (exact) mass is 242 g/mol. The molecule has 1 fully saturated rings. The molecule has 94 valence electrons. The van der Waals surface area contributed by atoms with Gasteiger partial charge in [-0.25, -0.2) is 4.79 Å².